The second kappa shape index (κ2) is 4.78. The summed E-state index contributed by atoms with van der Waals surface area (Å²) in [6, 6.07) is 3.95. The highest BCUT2D eigenvalue weighted by molar-refractivity contribution is 7.09. The van der Waals surface area contributed by atoms with E-state index in [-0.39, 0.29) is 12.0 Å². The van der Waals surface area contributed by atoms with Crippen LogP contribution in [-0.4, -0.2) is 21.7 Å². The summed E-state index contributed by atoms with van der Waals surface area (Å²) in [4.78, 5) is 8.78. The number of pyridine rings is 1. The number of hydrogen-bond acceptors (Lipinski definition) is 4. The van der Waals surface area contributed by atoms with Gasteiger partial charge in [0.1, 0.15) is 0 Å². The molecule has 1 N–H and O–H groups in total. The Hall–Kier alpha value is -1.26. The van der Waals surface area contributed by atoms with Crippen molar-refractivity contribution in [2.75, 3.05) is 6.61 Å². The lowest BCUT2D eigenvalue weighted by Gasteiger charge is -2.39. The fourth-order valence-corrected chi connectivity index (χ4v) is 3.40. The third-order valence-electron chi connectivity index (χ3n) is 3.78. The number of aliphatic hydroxyl groups excluding tert-OH is 1. The van der Waals surface area contributed by atoms with Crippen molar-refractivity contribution >= 4 is 11.3 Å². The number of nitrogens with zero attached hydrogens (tertiary/aromatic N) is 2. The fourth-order valence-electron chi connectivity index (χ4n) is 2.43. The van der Waals surface area contributed by atoms with Crippen LogP contribution < -0.4 is 0 Å². The Morgan fingerprint density at radius 2 is 2.28 bits per heavy atom. The maximum absolute atomic E-state index is 9.49. The van der Waals surface area contributed by atoms with Crippen LogP contribution in [0.1, 0.15) is 24.3 Å². The van der Waals surface area contributed by atoms with Crippen LogP contribution in [0.3, 0.4) is 0 Å². The minimum Gasteiger partial charge on any atom is -0.396 e. The molecule has 0 spiro atoms. The molecule has 2 heterocycles. The maximum atomic E-state index is 9.49. The van der Waals surface area contributed by atoms with Crippen molar-refractivity contribution in [2.24, 2.45) is 5.41 Å². The summed E-state index contributed by atoms with van der Waals surface area (Å²) in [7, 11) is 0. The van der Waals surface area contributed by atoms with Crippen LogP contribution in [0.2, 0.25) is 0 Å². The molecule has 0 aliphatic heterocycles. The molecule has 2 aromatic rings. The Labute approximate surface area is 111 Å². The Bertz CT molecular complexity index is 514. The first-order valence-electron chi connectivity index (χ1n) is 6.27. The van der Waals surface area contributed by atoms with Crippen molar-refractivity contribution in [2.45, 2.75) is 25.7 Å². The first kappa shape index (κ1) is 11.8. The Balaban J connectivity index is 1.78. The van der Waals surface area contributed by atoms with E-state index in [4.69, 9.17) is 0 Å². The largest absolute Gasteiger partial charge is 0.396 e. The van der Waals surface area contributed by atoms with Gasteiger partial charge in [-0.05, 0) is 30.4 Å². The Morgan fingerprint density at radius 3 is 2.89 bits per heavy atom. The summed E-state index contributed by atoms with van der Waals surface area (Å²) in [6.07, 6.45) is 8.02. The number of thiazole rings is 1. The van der Waals surface area contributed by atoms with E-state index >= 15 is 0 Å². The molecule has 18 heavy (non-hydrogen) atoms. The summed E-state index contributed by atoms with van der Waals surface area (Å²) in [6.45, 7) is 0.287. The van der Waals surface area contributed by atoms with Crippen molar-refractivity contribution in [1.82, 2.24) is 9.97 Å². The lowest BCUT2D eigenvalue weighted by atomic mass is 9.67. The van der Waals surface area contributed by atoms with Gasteiger partial charge in [0.25, 0.3) is 0 Å². The zero-order valence-corrected chi connectivity index (χ0v) is 11.0. The molecule has 1 fully saturated rings. The third kappa shape index (κ3) is 2.18. The monoisotopic (exact) mass is 260 g/mol. The summed E-state index contributed by atoms with van der Waals surface area (Å²) in [5.74, 6) is 0. The van der Waals surface area contributed by atoms with Gasteiger partial charge in [0, 0.05) is 36.4 Å². The van der Waals surface area contributed by atoms with Crippen molar-refractivity contribution < 1.29 is 5.11 Å². The van der Waals surface area contributed by atoms with Crippen LogP contribution in [0.15, 0.2) is 29.9 Å². The number of aliphatic hydroxyl groups is 1. The number of aromatic nitrogens is 2. The van der Waals surface area contributed by atoms with Crippen molar-refractivity contribution in [1.29, 1.82) is 0 Å². The Morgan fingerprint density at radius 1 is 1.39 bits per heavy atom. The first-order chi connectivity index (χ1) is 8.81. The summed E-state index contributed by atoms with van der Waals surface area (Å²) >= 11 is 1.69. The van der Waals surface area contributed by atoms with E-state index in [1.54, 1.807) is 17.5 Å². The minimum atomic E-state index is 0.115. The minimum absolute atomic E-state index is 0.115. The SMILES string of the molecule is OCC1(Cc2nc(-c3cccnc3)cs2)CCC1. The molecule has 0 unspecified atom stereocenters. The van der Waals surface area contributed by atoms with Crippen LogP contribution in [0.4, 0.5) is 0 Å². The lowest BCUT2D eigenvalue weighted by Crippen LogP contribution is -2.35. The highest BCUT2D eigenvalue weighted by atomic mass is 32.1. The van der Waals surface area contributed by atoms with Gasteiger partial charge in [0.15, 0.2) is 0 Å². The summed E-state index contributed by atoms with van der Waals surface area (Å²) in [5.41, 5.74) is 2.17. The van der Waals surface area contributed by atoms with Crippen LogP contribution in [0, 0.1) is 5.41 Å². The summed E-state index contributed by atoms with van der Waals surface area (Å²) in [5, 5.41) is 12.7. The van der Waals surface area contributed by atoms with E-state index in [9.17, 15) is 5.11 Å². The standard InChI is InChI=1S/C14H16N2OS/c17-10-14(4-2-5-14)7-13-16-12(9-18-13)11-3-1-6-15-8-11/h1,3,6,8-9,17H,2,4-5,7,10H2. The molecule has 3 rings (SSSR count). The van der Waals surface area contributed by atoms with Gasteiger partial charge in [0.05, 0.1) is 10.7 Å². The zero-order chi connectivity index (χ0) is 12.4. The van der Waals surface area contributed by atoms with E-state index in [0.29, 0.717) is 0 Å². The van der Waals surface area contributed by atoms with Crippen molar-refractivity contribution in [3.63, 3.8) is 0 Å². The number of hydrogen-bond donors (Lipinski definition) is 1. The molecule has 2 aromatic heterocycles. The second-order valence-corrected chi connectivity index (χ2v) is 6.00. The van der Waals surface area contributed by atoms with Crippen molar-refractivity contribution in [3.8, 4) is 11.3 Å². The van der Waals surface area contributed by atoms with Crippen LogP contribution >= 0.6 is 11.3 Å². The van der Waals surface area contributed by atoms with E-state index in [2.05, 4.69) is 15.3 Å². The lowest BCUT2D eigenvalue weighted by molar-refractivity contribution is 0.0450. The van der Waals surface area contributed by atoms with Crippen LogP contribution in [0.5, 0.6) is 0 Å². The maximum Gasteiger partial charge on any atom is 0.0939 e. The van der Waals surface area contributed by atoms with E-state index in [0.717, 1.165) is 35.5 Å². The van der Waals surface area contributed by atoms with E-state index in [1.807, 2.05) is 18.3 Å². The molecular formula is C14H16N2OS. The molecule has 1 aliphatic carbocycles. The molecule has 1 saturated carbocycles. The average Bonchev–Trinajstić information content (AvgIpc) is 2.83. The quantitative estimate of drug-likeness (QED) is 0.919. The normalized spacial score (nSPS) is 17.4. The fraction of sp³-hybridized carbons (Fsp3) is 0.429. The van der Waals surface area contributed by atoms with Gasteiger partial charge < -0.3 is 5.11 Å². The molecular weight excluding hydrogens is 244 g/mol. The van der Waals surface area contributed by atoms with Crippen LogP contribution in [-0.2, 0) is 6.42 Å². The highest BCUT2D eigenvalue weighted by Crippen LogP contribution is 2.43. The predicted octanol–water partition coefficient (Wildman–Crippen LogP) is 2.91. The molecule has 0 aromatic carbocycles. The van der Waals surface area contributed by atoms with Gasteiger partial charge in [-0.1, -0.05) is 6.42 Å². The molecule has 3 nitrogen and oxygen atoms in total. The molecule has 0 atom stereocenters. The van der Waals surface area contributed by atoms with Crippen molar-refractivity contribution in [3.05, 3.63) is 34.9 Å². The molecule has 0 bridgehead atoms. The van der Waals surface area contributed by atoms with Gasteiger partial charge >= 0.3 is 0 Å². The van der Waals surface area contributed by atoms with Gasteiger partial charge in [-0.2, -0.15) is 0 Å². The highest BCUT2D eigenvalue weighted by Gasteiger charge is 2.37. The molecule has 1 aliphatic rings. The van der Waals surface area contributed by atoms with Gasteiger partial charge in [-0.3, -0.25) is 4.98 Å². The zero-order valence-electron chi connectivity index (χ0n) is 10.2. The van der Waals surface area contributed by atoms with E-state index in [1.165, 1.54) is 6.42 Å². The molecule has 4 heteroatoms. The first-order valence-corrected chi connectivity index (χ1v) is 7.15. The smallest absolute Gasteiger partial charge is 0.0939 e. The summed E-state index contributed by atoms with van der Waals surface area (Å²) < 4.78 is 0. The number of rotatable bonds is 4. The molecule has 0 amide bonds. The average molecular weight is 260 g/mol. The third-order valence-corrected chi connectivity index (χ3v) is 4.63. The van der Waals surface area contributed by atoms with Crippen LogP contribution in [0.25, 0.3) is 11.3 Å². The van der Waals surface area contributed by atoms with Gasteiger partial charge in [0.2, 0.25) is 0 Å². The van der Waals surface area contributed by atoms with Gasteiger partial charge in [-0.15, -0.1) is 11.3 Å². The second-order valence-electron chi connectivity index (χ2n) is 5.06. The van der Waals surface area contributed by atoms with Gasteiger partial charge in [-0.25, -0.2) is 4.98 Å². The Kier molecular flexibility index (Phi) is 3.14. The predicted molar refractivity (Wildman–Crippen MR) is 72.4 cm³/mol. The molecule has 0 saturated heterocycles. The topological polar surface area (TPSA) is 46.0 Å². The van der Waals surface area contributed by atoms with E-state index < -0.39 is 0 Å². The molecule has 0 radical (unpaired) electrons. The molecule has 94 valence electrons.